The number of rotatable bonds is 9. The molecule has 8 heteroatoms. The number of carbonyl (C=O) groups excluding carboxylic acids is 2. The maximum Gasteiger partial charge on any atom is 0.342 e. The second kappa shape index (κ2) is 9.50. The molecule has 0 heterocycles. The van der Waals surface area contributed by atoms with E-state index in [0.717, 1.165) is 0 Å². The molecule has 0 saturated carbocycles. The molecular formula is C20H22O8. The number of hydrogen-bond donors (Lipinski definition) is 0. The van der Waals surface area contributed by atoms with Crippen LogP contribution in [0.5, 0.6) is 28.7 Å². The third-order valence-corrected chi connectivity index (χ3v) is 3.97. The molecule has 0 amide bonds. The number of esters is 1. The number of ketones is 1. The van der Waals surface area contributed by atoms with Gasteiger partial charge in [-0.15, -0.1) is 0 Å². The van der Waals surface area contributed by atoms with Crippen molar-refractivity contribution in [3.63, 3.8) is 0 Å². The van der Waals surface area contributed by atoms with Gasteiger partial charge in [0.15, 0.2) is 18.1 Å². The van der Waals surface area contributed by atoms with Gasteiger partial charge in [-0.2, -0.15) is 0 Å². The van der Waals surface area contributed by atoms with Crippen molar-refractivity contribution in [1.82, 2.24) is 0 Å². The molecule has 0 N–H and O–H groups in total. The molecule has 2 aromatic carbocycles. The number of Topliss-reactive ketones (excluding diaryl/α,β-unsaturated/α-hetero) is 1. The van der Waals surface area contributed by atoms with Crippen LogP contribution in [0.1, 0.15) is 20.7 Å². The molecule has 0 bridgehead atoms. The fourth-order valence-electron chi connectivity index (χ4n) is 2.50. The fraction of sp³-hybridized carbons (Fsp3) is 0.300. The zero-order chi connectivity index (χ0) is 20.7. The van der Waals surface area contributed by atoms with E-state index in [1.807, 2.05) is 0 Å². The van der Waals surface area contributed by atoms with Gasteiger partial charge in [0, 0.05) is 18.2 Å². The lowest BCUT2D eigenvalue weighted by Gasteiger charge is -2.14. The highest BCUT2D eigenvalue weighted by Gasteiger charge is 2.21. The van der Waals surface area contributed by atoms with E-state index in [9.17, 15) is 9.59 Å². The van der Waals surface area contributed by atoms with Crippen molar-refractivity contribution in [3.05, 3.63) is 41.5 Å². The van der Waals surface area contributed by atoms with Gasteiger partial charge in [0.2, 0.25) is 5.78 Å². The van der Waals surface area contributed by atoms with Gasteiger partial charge in [0.25, 0.3) is 0 Å². The van der Waals surface area contributed by atoms with Crippen LogP contribution in [0.4, 0.5) is 0 Å². The average Bonchev–Trinajstić information content (AvgIpc) is 2.75. The number of methoxy groups -OCH3 is 5. The van der Waals surface area contributed by atoms with Gasteiger partial charge < -0.3 is 28.4 Å². The SMILES string of the molecule is COc1ccc(C(=O)COC(=O)c2cc(OC)c(OC)cc2OC)c(OC)c1. The molecular weight excluding hydrogens is 368 g/mol. The summed E-state index contributed by atoms with van der Waals surface area (Å²) >= 11 is 0. The Kier molecular flexibility index (Phi) is 7.08. The zero-order valence-electron chi connectivity index (χ0n) is 16.4. The van der Waals surface area contributed by atoms with E-state index >= 15 is 0 Å². The number of hydrogen-bond acceptors (Lipinski definition) is 8. The van der Waals surface area contributed by atoms with Crippen molar-refractivity contribution >= 4 is 11.8 Å². The highest BCUT2D eigenvalue weighted by Crippen LogP contribution is 2.35. The summed E-state index contributed by atoms with van der Waals surface area (Å²) in [5.74, 6) is 0.668. The summed E-state index contributed by atoms with van der Waals surface area (Å²) in [4.78, 5) is 24.9. The van der Waals surface area contributed by atoms with E-state index in [0.29, 0.717) is 23.0 Å². The molecule has 0 saturated heterocycles. The van der Waals surface area contributed by atoms with Crippen LogP contribution in [0, 0.1) is 0 Å². The number of ether oxygens (including phenoxy) is 6. The molecule has 0 spiro atoms. The molecule has 8 nitrogen and oxygen atoms in total. The normalized spacial score (nSPS) is 10.0. The molecule has 2 aromatic rings. The van der Waals surface area contributed by atoms with Crippen molar-refractivity contribution < 1.29 is 38.0 Å². The molecule has 0 fully saturated rings. The fourth-order valence-corrected chi connectivity index (χ4v) is 2.50. The van der Waals surface area contributed by atoms with Crippen molar-refractivity contribution in [2.24, 2.45) is 0 Å². The second-order valence-electron chi connectivity index (χ2n) is 5.47. The monoisotopic (exact) mass is 390 g/mol. The topological polar surface area (TPSA) is 89.5 Å². The summed E-state index contributed by atoms with van der Waals surface area (Å²) < 4.78 is 31.0. The van der Waals surface area contributed by atoms with Crippen LogP contribution >= 0.6 is 0 Å². The summed E-state index contributed by atoms with van der Waals surface area (Å²) in [6.45, 7) is -0.473. The Morgan fingerprint density at radius 1 is 0.679 bits per heavy atom. The van der Waals surface area contributed by atoms with Crippen LogP contribution in [0.2, 0.25) is 0 Å². The largest absolute Gasteiger partial charge is 0.497 e. The van der Waals surface area contributed by atoms with Gasteiger partial charge in [-0.25, -0.2) is 4.79 Å². The van der Waals surface area contributed by atoms with Gasteiger partial charge in [0.05, 0.1) is 41.1 Å². The number of benzene rings is 2. The molecule has 0 unspecified atom stereocenters. The first-order valence-corrected chi connectivity index (χ1v) is 8.21. The lowest BCUT2D eigenvalue weighted by molar-refractivity contribution is 0.0470. The van der Waals surface area contributed by atoms with E-state index in [2.05, 4.69) is 0 Å². The summed E-state index contributed by atoms with van der Waals surface area (Å²) in [7, 11) is 7.27. The summed E-state index contributed by atoms with van der Waals surface area (Å²) in [6.07, 6.45) is 0. The minimum absolute atomic E-state index is 0.106. The van der Waals surface area contributed by atoms with Crippen LogP contribution in [0.15, 0.2) is 30.3 Å². The lowest BCUT2D eigenvalue weighted by Crippen LogP contribution is -2.16. The third-order valence-electron chi connectivity index (χ3n) is 3.97. The van der Waals surface area contributed by atoms with Gasteiger partial charge >= 0.3 is 5.97 Å². The molecule has 0 radical (unpaired) electrons. The summed E-state index contributed by atoms with van der Waals surface area (Å²) in [5, 5.41) is 0. The average molecular weight is 390 g/mol. The number of carbonyl (C=O) groups is 2. The van der Waals surface area contributed by atoms with Crippen LogP contribution in [-0.4, -0.2) is 53.9 Å². The molecule has 28 heavy (non-hydrogen) atoms. The Labute approximate surface area is 162 Å². The summed E-state index contributed by atoms with van der Waals surface area (Å²) in [5.41, 5.74) is 0.380. The van der Waals surface area contributed by atoms with E-state index < -0.39 is 18.4 Å². The van der Waals surface area contributed by atoms with Gasteiger partial charge in [-0.1, -0.05) is 0 Å². The van der Waals surface area contributed by atoms with Crippen LogP contribution in [-0.2, 0) is 4.74 Å². The predicted molar refractivity (Wildman–Crippen MR) is 100 cm³/mol. The minimum atomic E-state index is -0.737. The highest BCUT2D eigenvalue weighted by atomic mass is 16.5. The Bertz CT molecular complexity index is 860. The second-order valence-corrected chi connectivity index (χ2v) is 5.47. The van der Waals surface area contributed by atoms with Crippen molar-refractivity contribution in [3.8, 4) is 28.7 Å². The standard InChI is InChI=1S/C20H22O8/c1-23-12-6-7-13(16(8-12)24-2)15(21)11-28-20(22)14-9-18(26-4)19(27-5)10-17(14)25-3/h6-10H,11H2,1-5H3. The van der Waals surface area contributed by atoms with Crippen LogP contribution in [0.3, 0.4) is 0 Å². The van der Waals surface area contributed by atoms with E-state index in [4.69, 9.17) is 28.4 Å². The first-order valence-electron chi connectivity index (χ1n) is 8.21. The quantitative estimate of drug-likeness (QED) is 0.477. The predicted octanol–water partition coefficient (Wildman–Crippen LogP) is 2.77. The highest BCUT2D eigenvalue weighted by molar-refractivity contribution is 6.02. The molecule has 0 atom stereocenters. The van der Waals surface area contributed by atoms with Crippen molar-refractivity contribution in [2.75, 3.05) is 42.2 Å². The van der Waals surface area contributed by atoms with Crippen LogP contribution in [0.25, 0.3) is 0 Å². The first kappa shape index (κ1) is 20.9. The molecule has 0 aromatic heterocycles. The Balaban J connectivity index is 2.19. The summed E-state index contributed by atoms with van der Waals surface area (Å²) in [6, 6.07) is 7.67. The zero-order valence-corrected chi connectivity index (χ0v) is 16.4. The van der Waals surface area contributed by atoms with E-state index in [1.54, 1.807) is 18.2 Å². The maximum atomic E-state index is 12.5. The van der Waals surface area contributed by atoms with Crippen molar-refractivity contribution in [1.29, 1.82) is 0 Å². The first-order chi connectivity index (χ1) is 13.5. The Hall–Kier alpha value is -3.42. The van der Waals surface area contributed by atoms with Crippen LogP contribution < -0.4 is 23.7 Å². The minimum Gasteiger partial charge on any atom is -0.497 e. The van der Waals surface area contributed by atoms with E-state index in [1.165, 1.54) is 47.7 Å². The Morgan fingerprint density at radius 3 is 1.82 bits per heavy atom. The molecule has 150 valence electrons. The smallest absolute Gasteiger partial charge is 0.342 e. The Morgan fingerprint density at radius 2 is 1.25 bits per heavy atom. The van der Waals surface area contributed by atoms with Gasteiger partial charge in [-0.3, -0.25) is 4.79 Å². The molecule has 0 aliphatic heterocycles. The third kappa shape index (κ3) is 4.46. The lowest BCUT2D eigenvalue weighted by atomic mass is 10.1. The molecule has 2 rings (SSSR count). The van der Waals surface area contributed by atoms with E-state index in [-0.39, 0.29) is 16.9 Å². The van der Waals surface area contributed by atoms with Gasteiger partial charge in [-0.05, 0) is 12.1 Å². The molecule has 0 aliphatic carbocycles. The maximum absolute atomic E-state index is 12.5. The molecule has 0 aliphatic rings. The van der Waals surface area contributed by atoms with Gasteiger partial charge in [0.1, 0.15) is 22.8 Å². The van der Waals surface area contributed by atoms with Crippen molar-refractivity contribution in [2.45, 2.75) is 0 Å².